The van der Waals surface area contributed by atoms with Crippen LogP contribution in [0.3, 0.4) is 0 Å². The normalized spacial score (nSPS) is 18.9. The van der Waals surface area contributed by atoms with Gasteiger partial charge in [-0.1, -0.05) is 15.9 Å². The molecule has 1 aliphatic rings. The molecule has 1 fully saturated rings. The van der Waals surface area contributed by atoms with Gasteiger partial charge < -0.3 is 5.32 Å². The van der Waals surface area contributed by atoms with Gasteiger partial charge in [-0.2, -0.15) is 0 Å². The van der Waals surface area contributed by atoms with E-state index < -0.39 is 23.7 Å². The number of benzene rings is 1. The molecule has 0 radical (unpaired) electrons. The molecule has 0 aromatic heterocycles. The molecule has 1 saturated heterocycles. The highest BCUT2D eigenvalue weighted by Gasteiger charge is 2.28. The number of rotatable bonds is 2. The van der Waals surface area contributed by atoms with E-state index in [1.807, 2.05) is 0 Å². The first-order chi connectivity index (χ1) is 8.97. The second-order valence-corrected chi connectivity index (χ2v) is 5.02. The maximum absolute atomic E-state index is 13.5. The summed E-state index contributed by atoms with van der Waals surface area (Å²) in [5.74, 6) is -2.30. The molecule has 5 nitrogen and oxygen atoms in total. The maximum Gasteiger partial charge on any atom is 0.254 e. The summed E-state index contributed by atoms with van der Waals surface area (Å²) in [5, 5.41) is 4.53. The van der Waals surface area contributed by atoms with Gasteiger partial charge in [0.05, 0.1) is 5.56 Å². The standard InChI is InChI=1S/C12H10BrFN2O3/c13-6-1-2-8(14)7(5-6)11(18)15-9-3-4-10(17)16-12(9)19/h1-2,5,9H,3-4H2,(H,15,18)(H,16,17,19). The van der Waals surface area contributed by atoms with Gasteiger partial charge in [-0.25, -0.2) is 4.39 Å². The molecule has 0 saturated carbocycles. The number of hydrogen-bond donors (Lipinski definition) is 2. The molecule has 3 amide bonds. The van der Waals surface area contributed by atoms with Gasteiger partial charge in [0.1, 0.15) is 11.9 Å². The van der Waals surface area contributed by atoms with Crippen LogP contribution in [0.2, 0.25) is 0 Å². The van der Waals surface area contributed by atoms with Crippen molar-refractivity contribution in [3.05, 3.63) is 34.1 Å². The Morgan fingerprint density at radius 2 is 2.16 bits per heavy atom. The average Bonchev–Trinajstić information content (AvgIpc) is 2.35. The number of nitrogens with one attached hydrogen (secondary N) is 2. The summed E-state index contributed by atoms with van der Waals surface area (Å²) in [6.07, 6.45) is 0.365. The largest absolute Gasteiger partial charge is 0.340 e. The fraction of sp³-hybridized carbons (Fsp3) is 0.250. The van der Waals surface area contributed by atoms with Crippen molar-refractivity contribution in [1.29, 1.82) is 0 Å². The van der Waals surface area contributed by atoms with Crippen LogP contribution in [0.15, 0.2) is 22.7 Å². The van der Waals surface area contributed by atoms with E-state index in [-0.39, 0.29) is 24.3 Å². The third kappa shape index (κ3) is 3.17. The smallest absolute Gasteiger partial charge is 0.254 e. The van der Waals surface area contributed by atoms with Gasteiger partial charge in [0.25, 0.3) is 5.91 Å². The minimum Gasteiger partial charge on any atom is -0.340 e. The lowest BCUT2D eigenvalue weighted by atomic mass is 10.1. The Morgan fingerprint density at radius 1 is 1.42 bits per heavy atom. The SMILES string of the molecule is O=C1CCC(NC(=O)c2cc(Br)ccc2F)C(=O)N1. The predicted octanol–water partition coefficient (Wildman–Crippen LogP) is 1.12. The lowest BCUT2D eigenvalue weighted by Crippen LogP contribution is -2.52. The Kier molecular flexibility index (Phi) is 3.94. The molecule has 100 valence electrons. The van der Waals surface area contributed by atoms with Crippen molar-refractivity contribution in [2.75, 3.05) is 0 Å². The van der Waals surface area contributed by atoms with Gasteiger partial charge >= 0.3 is 0 Å². The molecule has 0 aliphatic carbocycles. The Bertz CT molecular complexity index is 562. The van der Waals surface area contributed by atoms with Crippen molar-refractivity contribution in [3.63, 3.8) is 0 Å². The summed E-state index contributed by atoms with van der Waals surface area (Å²) >= 11 is 3.14. The van der Waals surface area contributed by atoms with E-state index in [9.17, 15) is 18.8 Å². The molecule has 1 heterocycles. The third-order valence-corrected chi connectivity index (χ3v) is 3.21. The van der Waals surface area contributed by atoms with Gasteiger partial charge in [0.2, 0.25) is 11.8 Å². The molecule has 1 unspecified atom stereocenters. The maximum atomic E-state index is 13.5. The van der Waals surface area contributed by atoms with E-state index in [0.29, 0.717) is 4.47 Å². The van der Waals surface area contributed by atoms with Crippen LogP contribution < -0.4 is 10.6 Å². The Morgan fingerprint density at radius 3 is 2.84 bits per heavy atom. The van der Waals surface area contributed by atoms with E-state index in [1.165, 1.54) is 12.1 Å². The summed E-state index contributed by atoms with van der Waals surface area (Å²) in [4.78, 5) is 34.3. The number of carbonyl (C=O) groups is 3. The van der Waals surface area contributed by atoms with Crippen LogP contribution >= 0.6 is 15.9 Å². The zero-order chi connectivity index (χ0) is 14.0. The number of halogens is 2. The fourth-order valence-corrected chi connectivity index (χ4v) is 2.10. The molecule has 1 aromatic carbocycles. The molecule has 1 aromatic rings. The van der Waals surface area contributed by atoms with Crippen LogP contribution in [0.4, 0.5) is 4.39 Å². The van der Waals surface area contributed by atoms with Crippen molar-refractivity contribution >= 4 is 33.7 Å². The second kappa shape index (κ2) is 5.48. The summed E-state index contributed by atoms with van der Waals surface area (Å²) in [7, 11) is 0. The van der Waals surface area contributed by atoms with Crippen molar-refractivity contribution < 1.29 is 18.8 Å². The van der Waals surface area contributed by atoms with Gasteiger partial charge in [-0.3, -0.25) is 19.7 Å². The number of piperidine rings is 1. The molecule has 1 aliphatic heterocycles. The van der Waals surface area contributed by atoms with E-state index in [1.54, 1.807) is 0 Å². The Balaban J connectivity index is 2.11. The highest BCUT2D eigenvalue weighted by molar-refractivity contribution is 9.10. The monoisotopic (exact) mass is 328 g/mol. The van der Waals surface area contributed by atoms with Gasteiger partial charge in [-0.05, 0) is 24.6 Å². The van der Waals surface area contributed by atoms with Crippen LogP contribution in [-0.4, -0.2) is 23.8 Å². The van der Waals surface area contributed by atoms with Crippen molar-refractivity contribution in [1.82, 2.24) is 10.6 Å². The predicted molar refractivity (Wildman–Crippen MR) is 67.7 cm³/mol. The first-order valence-electron chi connectivity index (χ1n) is 5.57. The van der Waals surface area contributed by atoms with Gasteiger partial charge in [0.15, 0.2) is 0 Å². The fourth-order valence-electron chi connectivity index (χ4n) is 1.74. The minimum absolute atomic E-state index is 0.150. The van der Waals surface area contributed by atoms with E-state index in [2.05, 4.69) is 26.6 Å². The molecule has 0 spiro atoms. The quantitative estimate of drug-likeness (QED) is 0.799. The lowest BCUT2D eigenvalue weighted by molar-refractivity contribution is -0.134. The van der Waals surface area contributed by atoms with Crippen LogP contribution in [0.25, 0.3) is 0 Å². The van der Waals surface area contributed by atoms with E-state index >= 15 is 0 Å². The van der Waals surface area contributed by atoms with E-state index in [4.69, 9.17) is 0 Å². The number of carbonyl (C=O) groups excluding carboxylic acids is 3. The van der Waals surface area contributed by atoms with Crippen LogP contribution in [0, 0.1) is 5.82 Å². The molecule has 2 rings (SSSR count). The minimum atomic E-state index is -0.816. The summed E-state index contributed by atoms with van der Waals surface area (Å²) in [5.41, 5.74) is -0.154. The molecular weight excluding hydrogens is 319 g/mol. The van der Waals surface area contributed by atoms with Crippen LogP contribution in [-0.2, 0) is 9.59 Å². The number of imide groups is 1. The van der Waals surface area contributed by atoms with Crippen LogP contribution in [0.5, 0.6) is 0 Å². The van der Waals surface area contributed by atoms with Gasteiger partial charge in [-0.15, -0.1) is 0 Å². The summed E-state index contributed by atoms with van der Waals surface area (Å²) in [6, 6.07) is 3.14. The van der Waals surface area contributed by atoms with Gasteiger partial charge in [0, 0.05) is 10.9 Å². The molecule has 2 N–H and O–H groups in total. The number of amides is 3. The summed E-state index contributed by atoms with van der Waals surface area (Å²) < 4.78 is 14.1. The first kappa shape index (κ1) is 13.7. The molecular formula is C12H10BrFN2O3. The second-order valence-electron chi connectivity index (χ2n) is 4.10. The third-order valence-electron chi connectivity index (χ3n) is 2.72. The Labute approximate surface area is 116 Å². The molecule has 0 bridgehead atoms. The lowest BCUT2D eigenvalue weighted by Gasteiger charge is -2.21. The zero-order valence-electron chi connectivity index (χ0n) is 9.70. The van der Waals surface area contributed by atoms with E-state index in [0.717, 1.165) is 6.07 Å². The highest BCUT2D eigenvalue weighted by atomic mass is 79.9. The first-order valence-corrected chi connectivity index (χ1v) is 6.36. The van der Waals surface area contributed by atoms with Crippen LogP contribution in [0.1, 0.15) is 23.2 Å². The molecule has 19 heavy (non-hydrogen) atoms. The summed E-state index contributed by atoms with van der Waals surface area (Å²) in [6.45, 7) is 0. The zero-order valence-corrected chi connectivity index (χ0v) is 11.3. The molecule has 7 heteroatoms. The van der Waals surface area contributed by atoms with Crippen molar-refractivity contribution in [3.8, 4) is 0 Å². The van der Waals surface area contributed by atoms with Crippen molar-refractivity contribution in [2.45, 2.75) is 18.9 Å². The molecule has 1 atom stereocenters. The Hall–Kier alpha value is -1.76. The average molecular weight is 329 g/mol. The highest BCUT2D eigenvalue weighted by Crippen LogP contribution is 2.16. The number of hydrogen-bond acceptors (Lipinski definition) is 3. The van der Waals surface area contributed by atoms with Crippen molar-refractivity contribution in [2.24, 2.45) is 0 Å². The topological polar surface area (TPSA) is 75.3 Å².